The average Bonchev–Trinajstić information content (AvgIpc) is 3.07. The summed E-state index contributed by atoms with van der Waals surface area (Å²) < 4.78 is 37.7. The number of hydrogen-bond acceptors (Lipinski definition) is 3. The van der Waals surface area contributed by atoms with Crippen LogP contribution >= 0.6 is 22.9 Å². The van der Waals surface area contributed by atoms with Crippen LogP contribution in [-0.2, 0) is 12.6 Å². The molecule has 1 amide bonds. The number of anilines is 1. The Bertz CT molecular complexity index is 948. The molecule has 1 heterocycles. The van der Waals surface area contributed by atoms with Gasteiger partial charge in [-0.2, -0.15) is 13.2 Å². The molecule has 0 aliphatic carbocycles. The van der Waals surface area contributed by atoms with Crippen LogP contribution in [0.25, 0.3) is 0 Å². The Kier molecular flexibility index (Phi) is 5.53. The number of amides is 1. The lowest BCUT2D eigenvalue weighted by atomic mass is 10.1. The van der Waals surface area contributed by atoms with Gasteiger partial charge < -0.3 is 5.32 Å². The second kappa shape index (κ2) is 7.70. The van der Waals surface area contributed by atoms with Crippen molar-refractivity contribution >= 4 is 34.5 Å². The number of hydrogen-bond donors (Lipinski definition) is 1. The van der Waals surface area contributed by atoms with E-state index in [1.54, 1.807) is 11.4 Å². The van der Waals surface area contributed by atoms with E-state index in [-0.39, 0.29) is 11.4 Å². The molecule has 0 saturated heterocycles. The molecular weight excluding hydrogens is 397 g/mol. The SMILES string of the molecule is Cc1cccc(Cl)c1Cc1nc(C(=O)Nc2ccc(C(F)(F)F)cc2)cs1. The van der Waals surface area contributed by atoms with Gasteiger partial charge in [-0.15, -0.1) is 11.3 Å². The molecule has 8 heteroatoms. The first-order valence-electron chi connectivity index (χ1n) is 7.91. The lowest BCUT2D eigenvalue weighted by Gasteiger charge is -2.08. The minimum atomic E-state index is -4.41. The van der Waals surface area contributed by atoms with Gasteiger partial charge in [-0.3, -0.25) is 4.79 Å². The normalized spacial score (nSPS) is 11.4. The maximum absolute atomic E-state index is 12.6. The number of carbonyl (C=O) groups excluding carboxylic acids is 1. The van der Waals surface area contributed by atoms with Gasteiger partial charge in [-0.1, -0.05) is 23.7 Å². The number of carbonyl (C=O) groups is 1. The number of nitrogens with zero attached hydrogens (tertiary/aromatic N) is 1. The molecule has 3 aromatic rings. The summed E-state index contributed by atoms with van der Waals surface area (Å²) in [6.45, 7) is 1.95. The molecule has 0 atom stereocenters. The van der Waals surface area contributed by atoms with Crippen molar-refractivity contribution in [3.63, 3.8) is 0 Å². The number of rotatable bonds is 4. The van der Waals surface area contributed by atoms with Gasteiger partial charge in [-0.25, -0.2) is 4.98 Å². The van der Waals surface area contributed by atoms with Gasteiger partial charge in [0.25, 0.3) is 5.91 Å². The Morgan fingerprint density at radius 2 is 1.89 bits per heavy atom. The van der Waals surface area contributed by atoms with Gasteiger partial charge in [0, 0.05) is 22.5 Å². The largest absolute Gasteiger partial charge is 0.416 e. The van der Waals surface area contributed by atoms with Gasteiger partial charge >= 0.3 is 6.18 Å². The molecule has 0 bridgehead atoms. The van der Waals surface area contributed by atoms with Crippen LogP contribution in [0.15, 0.2) is 47.8 Å². The number of thiazole rings is 1. The van der Waals surface area contributed by atoms with Crippen molar-refractivity contribution in [2.75, 3.05) is 5.32 Å². The number of benzene rings is 2. The highest BCUT2D eigenvalue weighted by Gasteiger charge is 2.30. The highest BCUT2D eigenvalue weighted by atomic mass is 35.5. The van der Waals surface area contributed by atoms with E-state index >= 15 is 0 Å². The third-order valence-corrected chi connectivity index (χ3v) is 5.14. The van der Waals surface area contributed by atoms with E-state index in [9.17, 15) is 18.0 Å². The molecule has 0 spiro atoms. The number of halogens is 4. The summed E-state index contributed by atoms with van der Waals surface area (Å²) in [6.07, 6.45) is -3.91. The smallest absolute Gasteiger partial charge is 0.321 e. The molecule has 1 aromatic heterocycles. The maximum Gasteiger partial charge on any atom is 0.416 e. The van der Waals surface area contributed by atoms with Gasteiger partial charge in [0.2, 0.25) is 0 Å². The van der Waals surface area contributed by atoms with Crippen LogP contribution in [0.4, 0.5) is 18.9 Å². The predicted octanol–water partition coefficient (Wildman–Crippen LogP) is 5.97. The number of aromatic nitrogens is 1. The van der Waals surface area contributed by atoms with E-state index < -0.39 is 17.6 Å². The third kappa shape index (κ3) is 4.67. The fourth-order valence-electron chi connectivity index (χ4n) is 2.48. The van der Waals surface area contributed by atoms with Crippen LogP contribution in [0.5, 0.6) is 0 Å². The average molecular weight is 411 g/mol. The molecule has 1 N–H and O–H groups in total. The van der Waals surface area contributed by atoms with E-state index in [2.05, 4.69) is 10.3 Å². The fourth-order valence-corrected chi connectivity index (χ4v) is 3.55. The first-order valence-corrected chi connectivity index (χ1v) is 9.17. The van der Waals surface area contributed by atoms with Crippen molar-refractivity contribution in [2.45, 2.75) is 19.5 Å². The lowest BCUT2D eigenvalue weighted by molar-refractivity contribution is -0.137. The predicted molar refractivity (Wildman–Crippen MR) is 101 cm³/mol. The van der Waals surface area contributed by atoms with Crippen molar-refractivity contribution in [3.05, 3.63) is 80.3 Å². The van der Waals surface area contributed by atoms with E-state index in [1.807, 2.05) is 19.1 Å². The highest BCUT2D eigenvalue weighted by molar-refractivity contribution is 7.09. The molecule has 140 valence electrons. The summed E-state index contributed by atoms with van der Waals surface area (Å²) in [5.41, 5.74) is 1.69. The number of aryl methyl sites for hydroxylation is 1. The molecular formula is C19H14ClF3N2OS. The van der Waals surface area contributed by atoms with Crippen molar-refractivity contribution in [1.29, 1.82) is 0 Å². The van der Waals surface area contributed by atoms with Gasteiger partial charge in [-0.05, 0) is 48.4 Å². The van der Waals surface area contributed by atoms with Crippen LogP contribution in [0.3, 0.4) is 0 Å². The zero-order valence-electron chi connectivity index (χ0n) is 14.1. The highest BCUT2D eigenvalue weighted by Crippen LogP contribution is 2.30. The molecule has 27 heavy (non-hydrogen) atoms. The van der Waals surface area contributed by atoms with E-state index in [0.29, 0.717) is 11.4 Å². The molecule has 3 nitrogen and oxygen atoms in total. The second-order valence-electron chi connectivity index (χ2n) is 5.87. The number of alkyl halides is 3. The summed E-state index contributed by atoms with van der Waals surface area (Å²) in [5.74, 6) is -0.479. The summed E-state index contributed by atoms with van der Waals surface area (Å²) in [4.78, 5) is 16.6. The molecule has 0 radical (unpaired) electrons. The minimum absolute atomic E-state index is 0.208. The Morgan fingerprint density at radius 1 is 1.19 bits per heavy atom. The topological polar surface area (TPSA) is 42.0 Å². The minimum Gasteiger partial charge on any atom is -0.321 e. The molecule has 0 saturated carbocycles. The van der Waals surface area contributed by atoms with Crippen LogP contribution < -0.4 is 5.32 Å². The zero-order chi connectivity index (χ0) is 19.6. The van der Waals surface area contributed by atoms with Crippen molar-refractivity contribution in [3.8, 4) is 0 Å². The Balaban J connectivity index is 1.70. The van der Waals surface area contributed by atoms with Gasteiger partial charge in [0.15, 0.2) is 0 Å². The second-order valence-corrected chi connectivity index (χ2v) is 7.22. The van der Waals surface area contributed by atoms with E-state index in [0.717, 1.165) is 28.3 Å². The standard InChI is InChI=1S/C19H14ClF3N2OS/c1-11-3-2-4-15(20)14(11)9-17-25-16(10-27-17)18(26)24-13-7-5-12(6-8-13)19(21,22)23/h2-8,10H,9H2,1H3,(H,24,26). The summed E-state index contributed by atoms with van der Waals surface area (Å²) in [5, 5.41) is 5.53. The van der Waals surface area contributed by atoms with Crippen LogP contribution in [0.1, 0.15) is 32.2 Å². The van der Waals surface area contributed by atoms with Crippen molar-refractivity contribution in [2.24, 2.45) is 0 Å². The summed E-state index contributed by atoms with van der Waals surface area (Å²) in [6, 6.07) is 9.88. The van der Waals surface area contributed by atoms with Crippen LogP contribution in [0, 0.1) is 6.92 Å². The molecule has 3 rings (SSSR count). The number of nitrogens with one attached hydrogen (secondary N) is 1. The van der Waals surface area contributed by atoms with Crippen LogP contribution in [0.2, 0.25) is 5.02 Å². The fraction of sp³-hybridized carbons (Fsp3) is 0.158. The molecule has 0 aliphatic heterocycles. The first-order chi connectivity index (χ1) is 12.7. The van der Waals surface area contributed by atoms with Gasteiger partial charge in [0.1, 0.15) is 5.69 Å². The van der Waals surface area contributed by atoms with Crippen LogP contribution in [-0.4, -0.2) is 10.9 Å². The summed E-state index contributed by atoms with van der Waals surface area (Å²) >= 11 is 7.55. The first kappa shape index (κ1) is 19.4. The van der Waals surface area contributed by atoms with Crippen molar-refractivity contribution in [1.82, 2.24) is 4.98 Å². The molecule has 0 unspecified atom stereocenters. The quantitative estimate of drug-likeness (QED) is 0.576. The molecule has 0 aliphatic rings. The molecule has 2 aromatic carbocycles. The monoisotopic (exact) mass is 410 g/mol. The van der Waals surface area contributed by atoms with Crippen molar-refractivity contribution < 1.29 is 18.0 Å². The van der Waals surface area contributed by atoms with E-state index in [1.165, 1.54) is 23.5 Å². The zero-order valence-corrected chi connectivity index (χ0v) is 15.7. The van der Waals surface area contributed by atoms with E-state index in [4.69, 9.17) is 11.6 Å². The Labute approximate surface area is 162 Å². The lowest BCUT2D eigenvalue weighted by Crippen LogP contribution is -2.13. The van der Waals surface area contributed by atoms with Gasteiger partial charge in [0.05, 0.1) is 10.6 Å². The Morgan fingerprint density at radius 3 is 2.52 bits per heavy atom. The third-order valence-electron chi connectivity index (χ3n) is 3.94. The molecule has 0 fully saturated rings. The maximum atomic E-state index is 12.6. The summed E-state index contributed by atoms with van der Waals surface area (Å²) in [7, 11) is 0. The Hall–Kier alpha value is -2.38.